The molecule has 1 aromatic carbocycles. The molecule has 1 amide bonds. The van der Waals surface area contributed by atoms with E-state index in [1.54, 1.807) is 0 Å². The van der Waals surface area contributed by atoms with Gasteiger partial charge < -0.3 is 10.4 Å². The van der Waals surface area contributed by atoms with Gasteiger partial charge in [-0.05, 0) is 55.1 Å². The Kier molecular flexibility index (Phi) is 6.91. The van der Waals surface area contributed by atoms with E-state index in [9.17, 15) is 4.79 Å². The minimum atomic E-state index is 0.153. The van der Waals surface area contributed by atoms with E-state index in [1.165, 1.54) is 17.5 Å². The zero-order chi connectivity index (χ0) is 15.8. The number of carbonyl (C=O) groups excluding carboxylic acids is 1. The number of nitrogens with one attached hydrogen (secondary N) is 1. The van der Waals surface area contributed by atoms with Crippen molar-refractivity contribution in [2.24, 2.45) is 5.92 Å². The van der Waals surface area contributed by atoms with Crippen molar-refractivity contribution in [2.75, 3.05) is 13.2 Å². The van der Waals surface area contributed by atoms with Gasteiger partial charge in [0.05, 0.1) is 0 Å². The summed E-state index contributed by atoms with van der Waals surface area (Å²) < 4.78 is 0. The van der Waals surface area contributed by atoms with Gasteiger partial charge in [0.1, 0.15) is 0 Å². The normalized spacial score (nSPS) is 18.5. The number of aliphatic hydroxyl groups excluding tert-OH is 1. The smallest absolute Gasteiger partial charge is 0.220 e. The van der Waals surface area contributed by atoms with Crippen molar-refractivity contribution in [3.63, 3.8) is 0 Å². The molecule has 0 radical (unpaired) electrons. The monoisotopic (exact) mass is 303 g/mol. The minimum absolute atomic E-state index is 0.153. The van der Waals surface area contributed by atoms with Crippen LogP contribution >= 0.6 is 0 Å². The number of rotatable bonds is 8. The summed E-state index contributed by atoms with van der Waals surface area (Å²) in [5, 5.41) is 12.2. The highest BCUT2D eigenvalue weighted by atomic mass is 16.3. The molecule has 0 aromatic heterocycles. The highest BCUT2D eigenvalue weighted by molar-refractivity contribution is 5.77. The Labute approximate surface area is 134 Å². The average molecular weight is 303 g/mol. The van der Waals surface area contributed by atoms with Gasteiger partial charge in [-0.2, -0.15) is 0 Å². The fraction of sp³-hybridized carbons (Fsp3) is 0.632. The van der Waals surface area contributed by atoms with Gasteiger partial charge >= 0.3 is 0 Å². The molecule has 0 heterocycles. The van der Waals surface area contributed by atoms with Gasteiger partial charge in [0.15, 0.2) is 0 Å². The lowest BCUT2D eigenvalue weighted by atomic mass is 9.81. The second kappa shape index (κ2) is 8.94. The number of amides is 1. The fourth-order valence-corrected chi connectivity index (χ4v) is 3.56. The van der Waals surface area contributed by atoms with Crippen LogP contribution in [0.25, 0.3) is 0 Å². The van der Waals surface area contributed by atoms with E-state index in [0.29, 0.717) is 24.8 Å². The van der Waals surface area contributed by atoms with Gasteiger partial charge in [-0.15, -0.1) is 0 Å². The molecule has 0 saturated heterocycles. The third-order valence-electron chi connectivity index (χ3n) is 4.75. The molecule has 0 saturated carbocycles. The van der Waals surface area contributed by atoms with E-state index >= 15 is 0 Å². The highest BCUT2D eigenvalue weighted by Gasteiger charge is 2.22. The SMILES string of the molecule is CCCC(CCO)CNC(=O)CC1CCCc2ccccc21. The molecule has 3 nitrogen and oxygen atoms in total. The third kappa shape index (κ3) is 4.84. The van der Waals surface area contributed by atoms with Crippen molar-refractivity contribution in [1.82, 2.24) is 5.32 Å². The maximum atomic E-state index is 12.3. The van der Waals surface area contributed by atoms with Crippen molar-refractivity contribution in [3.8, 4) is 0 Å². The van der Waals surface area contributed by atoms with Gasteiger partial charge in [-0.1, -0.05) is 37.6 Å². The predicted octanol–water partition coefficient (Wildman–Crippen LogP) is 3.41. The van der Waals surface area contributed by atoms with E-state index in [-0.39, 0.29) is 12.5 Å². The van der Waals surface area contributed by atoms with Crippen LogP contribution in [-0.2, 0) is 11.2 Å². The number of benzene rings is 1. The van der Waals surface area contributed by atoms with Gasteiger partial charge in [0.2, 0.25) is 5.91 Å². The lowest BCUT2D eigenvalue weighted by molar-refractivity contribution is -0.121. The van der Waals surface area contributed by atoms with Crippen LogP contribution in [0.1, 0.15) is 62.5 Å². The molecule has 0 bridgehead atoms. The molecule has 0 spiro atoms. The predicted molar refractivity (Wildman–Crippen MR) is 89.8 cm³/mol. The first-order valence-corrected chi connectivity index (χ1v) is 8.70. The summed E-state index contributed by atoms with van der Waals surface area (Å²) in [7, 11) is 0. The number of carbonyl (C=O) groups is 1. The third-order valence-corrected chi connectivity index (χ3v) is 4.75. The maximum Gasteiger partial charge on any atom is 0.220 e. The number of aryl methyl sites for hydroxylation is 1. The van der Waals surface area contributed by atoms with E-state index in [1.807, 2.05) is 0 Å². The molecule has 2 atom stereocenters. The standard InChI is InChI=1S/C19H29NO2/c1-2-6-15(11-12-21)14-20-19(22)13-17-9-5-8-16-7-3-4-10-18(16)17/h3-4,7,10,15,17,21H,2,5-6,8-9,11-14H2,1H3,(H,20,22). The molecule has 0 aliphatic heterocycles. The molecular formula is C19H29NO2. The molecular weight excluding hydrogens is 274 g/mol. The Morgan fingerprint density at radius 1 is 1.36 bits per heavy atom. The minimum Gasteiger partial charge on any atom is -0.396 e. The molecule has 2 N–H and O–H groups in total. The Morgan fingerprint density at radius 2 is 2.18 bits per heavy atom. The Hall–Kier alpha value is -1.35. The Balaban J connectivity index is 1.85. The zero-order valence-corrected chi connectivity index (χ0v) is 13.7. The number of aliphatic hydroxyl groups is 1. The fourth-order valence-electron chi connectivity index (χ4n) is 3.56. The zero-order valence-electron chi connectivity index (χ0n) is 13.7. The molecule has 122 valence electrons. The summed E-state index contributed by atoms with van der Waals surface area (Å²) in [6.07, 6.45) is 6.96. The van der Waals surface area contributed by atoms with Gasteiger partial charge in [0.25, 0.3) is 0 Å². The van der Waals surface area contributed by atoms with Crippen LogP contribution < -0.4 is 5.32 Å². The molecule has 3 heteroatoms. The summed E-state index contributed by atoms with van der Waals surface area (Å²) >= 11 is 0. The van der Waals surface area contributed by atoms with E-state index < -0.39 is 0 Å². The summed E-state index contributed by atoms with van der Waals surface area (Å²) in [4.78, 5) is 12.3. The average Bonchev–Trinajstić information content (AvgIpc) is 2.53. The van der Waals surface area contributed by atoms with Crippen molar-refractivity contribution in [2.45, 2.75) is 57.8 Å². The van der Waals surface area contributed by atoms with E-state index in [0.717, 1.165) is 32.1 Å². The van der Waals surface area contributed by atoms with E-state index in [4.69, 9.17) is 5.11 Å². The van der Waals surface area contributed by atoms with Crippen LogP contribution in [0.2, 0.25) is 0 Å². The lowest BCUT2D eigenvalue weighted by Crippen LogP contribution is -2.31. The van der Waals surface area contributed by atoms with Crippen molar-refractivity contribution in [3.05, 3.63) is 35.4 Å². The molecule has 1 aromatic rings. The first kappa shape index (κ1) is 17.0. The van der Waals surface area contributed by atoms with Crippen LogP contribution in [-0.4, -0.2) is 24.2 Å². The maximum absolute atomic E-state index is 12.3. The highest BCUT2D eigenvalue weighted by Crippen LogP contribution is 2.33. The molecule has 22 heavy (non-hydrogen) atoms. The summed E-state index contributed by atoms with van der Waals surface area (Å²) in [5.74, 6) is 0.922. The topological polar surface area (TPSA) is 49.3 Å². The summed E-state index contributed by atoms with van der Waals surface area (Å²) in [5.41, 5.74) is 2.78. The first-order chi connectivity index (χ1) is 10.7. The Morgan fingerprint density at radius 3 is 2.95 bits per heavy atom. The van der Waals surface area contributed by atoms with Crippen molar-refractivity contribution < 1.29 is 9.90 Å². The first-order valence-electron chi connectivity index (χ1n) is 8.70. The molecule has 0 fully saturated rings. The number of hydrogen-bond donors (Lipinski definition) is 2. The number of fused-ring (bicyclic) bond motifs is 1. The van der Waals surface area contributed by atoms with Gasteiger partial charge in [-0.3, -0.25) is 4.79 Å². The van der Waals surface area contributed by atoms with Crippen LogP contribution in [0.4, 0.5) is 0 Å². The van der Waals surface area contributed by atoms with Crippen LogP contribution in [0, 0.1) is 5.92 Å². The van der Waals surface area contributed by atoms with Crippen molar-refractivity contribution >= 4 is 5.91 Å². The largest absolute Gasteiger partial charge is 0.396 e. The van der Waals surface area contributed by atoms with Gasteiger partial charge in [-0.25, -0.2) is 0 Å². The van der Waals surface area contributed by atoms with Crippen molar-refractivity contribution in [1.29, 1.82) is 0 Å². The second-order valence-electron chi connectivity index (χ2n) is 6.46. The summed E-state index contributed by atoms with van der Waals surface area (Å²) in [6, 6.07) is 8.54. The quantitative estimate of drug-likeness (QED) is 0.773. The van der Waals surface area contributed by atoms with Crippen LogP contribution in [0.15, 0.2) is 24.3 Å². The molecule has 2 unspecified atom stereocenters. The molecule has 1 aliphatic rings. The summed E-state index contributed by atoms with van der Waals surface area (Å²) in [6.45, 7) is 3.04. The molecule has 2 rings (SSSR count). The van der Waals surface area contributed by atoms with Crippen LogP contribution in [0.3, 0.4) is 0 Å². The van der Waals surface area contributed by atoms with Crippen LogP contribution in [0.5, 0.6) is 0 Å². The lowest BCUT2D eigenvalue weighted by Gasteiger charge is -2.25. The Bertz CT molecular complexity index is 466. The molecule has 1 aliphatic carbocycles. The number of hydrogen-bond acceptors (Lipinski definition) is 2. The van der Waals surface area contributed by atoms with Gasteiger partial charge in [0, 0.05) is 19.6 Å². The van der Waals surface area contributed by atoms with E-state index in [2.05, 4.69) is 36.5 Å². The second-order valence-corrected chi connectivity index (χ2v) is 6.46.